The highest BCUT2D eigenvalue weighted by Crippen LogP contribution is 2.25. The maximum absolute atomic E-state index is 13.6. The lowest BCUT2D eigenvalue weighted by Gasteiger charge is -2.11. The molecule has 2 rings (SSSR count). The van der Waals surface area contributed by atoms with E-state index in [0.29, 0.717) is 5.56 Å². The Morgan fingerprint density at radius 2 is 2.12 bits per heavy atom. The molecule has 0 aliphatic carbocycles. The molecule has 0 aromatic heterocycles. The number of carbonyl (C=O) groups is 1. The summed E-state index contributed by atoms with van der Waals surface area (Å²) in [4.78, 5) is 10.8. The monoisotopic (exact) mass is 249 g/mol. The van der Waals surface area contributed by atoms with Crippen molar-refractivity contribution in [2.24, 2.45) is 0 Å². The van der Waals surface area contributed by atoms with Crippen LogP contribution in [0, 0.1) is 18.6 Å². The molecular weight excluding hydrogens is 240 g/mol. The largest absolute Gasteiger partial charge is 0.447 e. The van der Waals surface area contributed by atoms with Crippen LogP contribution in [-0.4, -0.2) is 12.7 Å². The third-order valence-electron chi connectivity index (χ3n) is 2.34. The fourth-order valence-corrected chi connectivity index (χ4v) is 1.54. The van der Waals surface area contributed by atoms with E-state index in [0.717, 1.165) is 0 Å². The number of ether oxygens (including phenoxy) is 1. The van der Waals surface area contributed by atoms with Crippen molar-refractivity contribution in [1.29, 1.82) is 0 Å². The second kappa shape index (κ2) is 4.65. The first-order valence-electron chi connectivity index (χ1n) is 4.47. The molecule has 1 aliphatic rings. The van der Waals surface area contributed by atoms with Crippen molar-refractivity contribution in [3.8, 4) is 0 Å². The number of hydrogen-bond acceptors (Lipinski definition) is 2. The molecule has 0 bridgehead atoms. The lowest BCUT2D eigenvalue weighted by Crippen LogP contribution is -2.21. The van der Waals surface area contributed by atoms with Gasteiger partial charge in [0.2, 0.25) is 0 Å². The standard InChI is InChI=1S/C10H9F2NO2.ClH/c1-5-2-3-6(11)8(9(5)12)7-4-15-10(14)13-7;/h2-3,7H,4H2,1H3,(H,13,14);1H/t7-;/m1./s1. The van der Waals surface area contributed by atoms with Gasteiger partial charge < -0.3 is 10.1 Å². The summed E-state index contributed by atoms with van der Waals surface area (Å²) in [7, 11) is 0. The van der Waals surface area contributed by atoms with Crippen molar-refractivity contribution in [3.05, 3.63) is 34.9 Å². The highest BCUT2D eigenvalue weighted by atomic mass is 35.5. The van der Waals surface area contributed by atoms with Crippen molar-refractivity contribution in [3.63, 3.8) is 0 Å². The van der Waals surface area contributed by atoms with E-state index in [2.05, 4.69) is 10.1 Å². The van der Waals surface area contributed by atoms with Crippen molar-refractivity contribution in [2.45, 2.75) is 13.0 Å². The molecule has 0 saturated carbocycles. The van der Waals surface area contributed by atoms with E-state index in [9.17, 15) is 13.6 Å². The topological polar surface area (TPSA) is 38.3 Å². The summed E-state index contributed by atoms with van der Waals surface area (Å²) in [6.07, 6.45) is -0.652. The number of amides is 1. The first-order valence-corrected chi connectivity index (χ1v) is 4.47. The third kappa shape index (κ3) is 2.09. The van der Waals surface area contributed by atoms with Crippen LogP contribution < -0.4 is 5.32 Å². The number of alkyl carbamates (subject to hydrolysis) is 1. The van der Waals surface area contributed by atoms with Gasteiger partial charge in [0.1, 0.15) is 18.2 Å². The average molecular weight is 250 g/mol. The number of carbonyl (C=O) groups excluding carboxylic acids is 1. The van der Waals surface area contributed by atoms with Crippen LogP contribution in [0.15, 0.2) is 12.1 Å². The molecule has 1 heterocycles. The zero-order valence-corrected chi connectivity index (χ0v) is 9.24. The Hall–Kier alpha value is -1.36. The number of cyclic esters (lactones) is 1. The van der Waals surface area contributed by atoms with Crippen LogP contribution >= 0.6 is 12.4 Å². The number of benzene rings is 1. The van der Waals surface area contributed by atoms with Gasteiger partial charge in [0.05, 0.1) is 6.04 Å². The van der Waals surface area contributed by atoms with Crippen LogP contribution in [-0.2, 0) is 4.74 Å². The van der Waals surface area contributed by atoms with Crippen LogP contribution in [0.25, 0.3) is 0 Å². The molecular formula is C10H10ClF2NO2. The minimum atomic E-state index is -0.739. The molecule has 0 unspecified atom stereocenters. The SMILES string of the molecule is Cc1ccc(F)c([C@H]2COC(=O)N2)c1F.Cl. The normalized spacial score (nSPS) is 18.7. The molecule has 1 saturated heterocycles. The summed E-state index contributed by atoms with van der Waals surface area (Å²) in [5.41, 5.74) is 0.202. The molecule has 1 aromatic rings. The summed E-state index contributed by atoms with van der Waals surface area (Å²) in [6, 6.07) is 1.79. The molecule has 1 amide bonds. The van der Waals surface area contributed by atoms with Crippen molar-refractivity contribution in [2.75, 3.05) is 6.61 Å². The minimum Gasteiger partial charge on any atom is -0.447 e. The van der Waals surface area contributed by atoms with Crippen LogP contribution in [0.1, 0.15) is 17.2 Å². The molecule has 88 valence electrons. The molecule has 1 aliphatic heterocycles. The molecule has 1 aromatic carbocycles. The minimum absolute atomic E-state index is 0. The molecule has 16 heavy (non-hydrogen) atoms. The Morgan fingerprint density at radius 1 is 1.44 bits per heavy atom. The van der Waals surface area contributed by atoms with E-state index in [1.807, 2.05) is 0 Å². The van der Waals surface area contributed by atoms with E-state index in [-0.39, 0.29) is 24.6 Å². The van der Waals surface area contributed by atoms with E-state index < -0.39 is 23.8 Å². The summed E-state index contributed by atoms with van der Waals surface area (Å²) in [6.45, 7) is 1.49. The number of hydrogen-bond donors (Lipinski definition) is 1. The Bertz CT molecular complexity index is 426. The third-order valence-corrected chi connectivity index (χ3v) is 2.34. The van der Waals surface area contributed by atoms with Gasteiger partial charge in [0.25, 0.3) is 0 Å². The van der Waals surface area contributed by atoms with Gasteiger partial charge in [-0.25, -0.2) is 13.6 Å². The van der Waals surface area contributed by atoms with Gasteiger partial charge >= 0.3 is 6.09 Å². The average Bonchev–Trinajstić information content (AvgIpc) is 2.59. The molecule has 0 radical (unpaired) electrons. The van der Waals surface area contributed by atoms with Gasteiger partial charge in [-0.3, -0.25) is 0 Å². The quantitative estimate of drug-likeness (QED) is 0.830. The van der Waals surface area contributed by atoms with Crippen molar-refractivity contribution >= 4 is 18.5 Å². The predicted molar refractivity (Wildman–Crippen MR) is 55.6 cm³/mol. The lowest BCUT2D eigenvalue weighted by atomic mass is 10.0. The van der Waals surface area contributed by atoms with Gasteiger partial charge in [-0.2, -0.15) is 0 Å². The van der Waals surface area contributed by atoms with E-state index in [4.69, 9.17) is 0 Å². The summed E-state index contributed by atoms with van der Waals surface area (Å²) in [5.74, 6) is -1.31. The highest BCUT2D eigenvalue weighted by molar-refractivity contribution is 5.85. The van der Waals surface area contributed by atoms with Gasteiger partial charge in [-0.05, 0) is 18.6 Å². The van der Waals surface area contributed by atoms with Gasteiger partial charge in [0.15, 0.2) is 0 Å². The molecule has 3 nitrogen and oxygen atoms in total. The number of rotatable bonds is 1. The van der Waals surface area contributed by atoms with Crippen LogP contribution in [0.3, 0.4) is 0 Å². The lowest BCUT2D eigenvalue weighted by molar-refractivity contribution is 0.176. The van der Waals surface area contributed by atoms with E-state index >= 15 is 0 Å². The Labute approximate surface area is 97.2 Å². The predicted octanol–water partition coefficient (Wildman–Crippen LogP) is 2.48. The summed E-state index contributed by atoms with van der Waals surface area (Å²) in [5, 5.41) is 2.34. The molecule has 1 N–H and O–H groups in total. The number of nitrogens with one attached hydrogen (secondary N) is 1. The fraction of sp³-hybridized carbons (Fsp3) is 0.300. The van der Waals surface area contributed by atoms with E-state index in [1.165, 1.54) is 19.1 Å². The van der Waals surface area contributed by atoms with Crippen LogP contribution in [0.4, 0.5) is 13.6 Å². The zero-order chi connectivity index (χ0) is 11.0. The smallest absolute Gasteiger partial charge is 0.407 e. The fourth-order valence-electron chi connectivity index (χ4n) is 1.54. The zero-order valence-electron chi connectivity index (χ0n) is 8.42. The second-order valence-electron chi connectivity index (χ2n) is 3.39. The maximum atomic E-state index is 13.6. The van der Waals surface area contributed by atoms with Crippen LogP contribution in [0.5, 0.6) is 0 Å². The van der Waals surface area contributed by atoms with Gasteiger partial charge in [-0.15, -0.1) is 12.4 Å². The molecule has 0 spiro atoms. The number of aryl methyl sites for hydroxylation is 1. The summed E-state index contributed by atoms with van der Waals surface area (Å²) >= 11 is 0. The second-order valence-corrected chi connectivity index (χ2v) is 3.39. The molecule has 1 fully saturated rings. The first kappa shape index (κ1) is 12.7. The number of halogens is 3. The van der Waals surface area contributed by atoms with Gasteiger partial charge in [-0.1, -0.05) is 6.07 Å². The Balaban J connectivity index is 0.00000128. The summed E-state index contributed by atoms with van der Waals surface area (Å²) < 4.78 is 31.5. The van der Waals surface area contributed by atoms with Gasteiger partial charge in [0, 0.05) is 5.56 Å². The Morgan fingerprint density at radius 3 is 2.69 bits per heavy atom. The first-order chi connectivity index (χ1) is 7.09. The highest BCUT2D eigenvalue weighted by Gasteiger charge is 2.29. The maximum Gasteiger partial charge on any atom is 0.407 e. The molecule has 6 heteroatoms. The Kier molecular flexibility index (Phi) is 3.70. The van der Waals surface area contributed by atoms with Crippen molar-refractivity contribution < 1.29 is 18.3 Å². The molecule has 1 atom stereocenters. The van der Waals surface area contributed by atoms with Crippen LogP contribution in [0.2, 0.25) is 0 Å². The van der Waals surface area contributed by atoms with Crippen molar-refractivity contribution in [1.82, 2.24) is 5.32 Å². The van der Waals surface area contributed by atoms with E-state index in [1.54, 1.807) is 0 Å².